The first-order valence-electron chi connectivity index (χ1n) is 6.44. The van der Waals surface area contributed by atoms with Gasteiger partial charge in [0.15, 0.2) is 0 Å². The molecule has 17 heavy (non-hydrogen) atoms. The first-order chi connectivity index (χ1) is 8.36. The minimum atomic E-state index is 0.259. The Hall–Kier alpha value is -1.06. The van der Waals surface area contributed by atoms with Crippen molar-refractivity contribution < 1.29 is 9.47 Å². The first kappa shape index (κ1) is 11.1. The topological polar surface area (TPSA) is 44.5 Å². The van der Waals surface area contributed by atoms with Crippen molar-refractivity contribution in [1.29, 1.82) is 0 Å². The van der Waals surface area contributed by atoms with Crippen LogP contribution in [0.1, 0.15) is 29.9 Å². The van der Waals surface area contributed by atoms with Gasteiger partial charge in [-0.15, -0.1) is 0 Å². The quantitative estimate of drug-likeness (QED) is 0.863. The molecule has 1 aromatic rings. The van der Waals surface area contributed by atoms with Crippen LogP contribution in [0, 0.1) is 0 Å². The van der Waals surface area contributed by atoms with Gasteiger partial charge in [-0.1, -0.05) is 6.07 Å². The summed E-state index contributed by atoms with van der Waals surface area (Å²) in [6.07, 6.45) is 3.76. The minimum Gasteiger partial charge on any atom is -0.486 e. The summed E-state index contributed by atoms with van der Waals surface area (Å²) in [7, 11) is 0. The lowest BCUT2D eigenvalue weighted by molar-refractivity contribution is -0.0797. The third kappa shape index (κ3) is 2.17. The number of hydrogen-bond acceptors (Lipinski definition) is 3. The van der Waals surface area contributed by atoms with Gasteiger partial charge in [-0.3, -0.25) is 0 Å². The Morgan fingerprint density at radius 1 is 1.35 bits per heavy atom. The van der Waals surface area contributed by atoms with E-state index in [0.717, 1.165) is 31.9 Å². The summed E-state index contributed by atoms with van der Waals surface area (Å²) in [5.74, 6) is 1.65. The summed E-state index contributed by atoms with van der Waals surface area (Å²) < 4.78 is 10.9. The van der Waals surface area contributed by atoms with Gasteiger partial charge in [0.2, 0.25) is 0 Å². The summed E-state index contributed by atoms with van der Waals surface area (Å²) >= 11 is 0. The summed E-state index contributed by atoms with van der Waals surface area (Å²) in [6, 6.07) is 6.51. The number of fused-ring (bicyclic) bond motifs is 1. The lowest BCUT2D eigenvalue weighted by Gasteiger charge is -2.27. The SMILES string of the molecule is NCCC1CCc2cc(OC3COC3)ccc21. The number of ether oxygens (including phenoxy) is 2. The highest BCUT2D eigenvalue weighted by atomic mass is 16.6. The van der Waals surface area contributed by atoms with Crippen LogP contribution in [-0.2, 0) is 11.2 Å². The number of hydrogen-bond donors (Lipinski definition) is 1. The third-order valence-electron chi connectivity index (χ3n) is 3.74. The Morgan fingerprint density at radius 2 is 2.24 bits per heavy atom. The maximum atomic E-state index is 5.82. The zero-order chi connectivity index (χ0) is 11.7. The average molecular weight is 233 g/mol. The molecule has 0 saturated carbocycles. The molecule has 1 saturated heterocycles. The van der Waals surface area contributed by atoms with Crippen molar-refractivity contribution in [2.24, 2.45) is 5.73 Å². The van der Waals surface area contributed by atoms with Crippen molar-refractivity contribution in [2.75, 3.05) is 19.8 Å². The van der Waals surface area contributed by atoms with E-state index in [2.05, 4.69) is 18.2 Å². The number of rotatable bonds is 4. The molecule has 3 nitrogen and oxygen atoms in total. The van der Waals surface area contributed by atoms with Gasteiger partial charge in [0, 0.05) is 0 Å². The average Bonchev–Trinajstić information content (AvgIpc) is 2.67. The van der Waals surface area contributed by atoms with Crippen LogP contribution in [0.3, 0.4) is 0 Å². The van der Waals surface area contributed by atoms with Crippen molar-refractivity contribution in [3.8, 4) is 5.75 Å². The molecule has 3 heteroatoms. The Balaban J connectivity index is 1.73. The van der Waals surface area contributed by atoms with Crippen LogP contribution < -0.4 is 10.5 Å². The summed E-state index contributed by atoms with van der Waals surface area (Å²) in [4.78, 5) is 0. The van der Waals surface area contributed by atoms with Crippen LogP contribution in [0.5, 0.6) is 5.75 Å². The fourth-order valence-corrected chi connectivity index (χ4v) is 2.73. The number of benzene rings is 1. The van der Waals surface area contributed by atoms with Gasteiger partial charge in [0.25, 0.3) is 0 Å². The maximum Gasteiger partial charge on any atom is 0.145 e. The molecule has 0 amide bonds. The molecule has 0 aromatic heterocycles. The van der Waals surface area contributed by atoms with Gasteiger partial charge < -0.3 is 15.2 Å². The molecule has 1 heterocycles. The van der Waals surface area contributed by atoms with E-state index >= 15 is 0 Å². The summed E-state index contributed by atoms with van der Waals surface area (Å²) in [6.45, 7) is 2.24. The van der Waals surface area contributed by atoms with Crippen LogP contribution in [0.25, 0.3) is 0 Å². The van der Waals surface area contributed by atoms with Crippen LogP contribution in [0.15, 0.2) is 18.2 Å². The monoisotopic (exact) mass is 233 g/mol. The summed E-state index contributed by atoms with van der Waals surface area (Å²) in [5.41, 5.74) is 8.57. The van der Waals surface area contributed by atoms with E-state index in [1.54, 1.807) is 0 Å². The van der Waals surface area contributed by atoms with Gasteiger partial charge >= 0.3 is 0 Å². The molecule has 0 bridgehead atoms. The Labute approximate surface area is 102 Å². The largest absolute Gasteiger partial charge is 0.486 e. The molecular weight excluding hydrogens is 214 g/mol. The van der Waals surface area contributed by atoms with Gasteiger partial charge in [-0.2, -0.15) is 0 Å². The molecule has 1 fully saturated rings. The summed E-state index contributed by atoms with van der Waals surface area (Å²) in [5, 5.41) is 0. The molecule has 2 N–H and O–H groups in total. The van der Waals surface area contributed by atoms with Crippen LogP contribution in [0.4, 0.5) is 0 Å². The van der Waals surface area contributed by atoms with E-state index in [1.165, 1.54) is 24.0 Å². The Morgan fingerprint density at radius 3 is 2.94 bits per heavy atom. The van der Waals surface area contributed by atoms with E-state index in [4.69, 9.17) is 15.2 Å². The predicted molar refractivity (Wildman–Crippen MR) is 66.4 cm³/mol. The highest BCUT2D eigenvalue weighted by molar-refractivity contribution is 5.41. The van der Waals surface area contributed by atoms with Gasteiger partial charge in [0.05, 0.1) is 13.2 Å². The molecule has 1 aliphatic carbocycles. The maximum absolute atomic E-state index is 5.82. The molecule has 0 radical (unpaired) electrons. The third-order valence-corrected chi connectivity index (χ3v) is 3.74. The van der Waals surface area contributed by atoms with Crippen molar-refractivity contribution >= 4 is 0 Å². The van der Waals surface area contributed by atoms with E-state index < -0.39 is 0 Å². The van der Waals surface area contributed by atoms with Gasteiger partial charge in [-0.05, 0) is 55.0 Å². The standard InChI is InChI=1S/C14H19NO2/c15-6-5-10-1-2-11-7-12(3-4-14(10)11)17-13-8-16-9-13/h3-4,7,10,13H,1-2,5-6,8-9,15H2. The molecular formula is C14H19NO2. The zero-order valence-electron chi connectivity index (χ0n) is 10.0. The smallest absolute Gasteiger partial charge is 0.145 e. The van der Waals surface area contributed by atoms with E-state index in [9.17, 15) is 0 Å². The fourth-order valence-electron chi connectivity index (χ4n) is 2.73. The second kappa shape index (κ2) is 4.67. The molecule has 92 valence electrons. The highest BCUT2D eigenvalue weighted by Crippen LogP contribution is 2.37. The van der Waals surface area contributed by atoms with Gasteiger partial charge in [0.1, 0.15) is 11.9 Å². The highest BCUT2D eigenvalue weighted by Gasteiger charge is 2.24. The molecule has 2 aliphatic rings. The van der Waals surface area contributed by atoms with E-state index in [1.807, 2.05) is 0 Å². The van der Waals surface area contributed by atoms with Crippen molar-refractivity contribution in [3.05, 3.63) is 29.3 Å². The number of aryl methyl sites for hydroxylation is 1. The van der Waals surface area contributed by atoms with Crippen molar-refractivity contribution in [1.82, 2.24) is 0 Å². The molecule has 3 rings (SSSR count). The van der Waals surface area contributed by atoms with Crippen molar-refractivity contribution in [3.63, 3.8) is 0 Å². The normalized spacial score (nSPS) is 23.2. The minimum absolute atomic E-state index is 0.259. The van der Waals surface area contributed by atoms with E-state index in [0.29, 0.717) is 5.92 Å². The zero-order valence-corrected chi connectivity index (χ0v) is 10.0. The Kier molecular flexibility index (Phi) is 3.04. The second-order valence-electron chi connectivity index (χ2n) is 4.95. The fraction of sp³-hybridized carbons (Fsp3) is 0.571. The molecule has 1 atom stereocenters. The molecule has 1 aromatic carbocycles. The Bertz CT molecular complexity index is 401. The van der Waals surface area contributed by atoms with Crippen LogP contribution in [0.2, 0.25) is 0 Å². The number of nitrogens with two attached hydrogens (primary N) is 1. The lowest BCUT2D eigenvalue weighted by Crippen LogP contribution is -2.38. The molecule has 0 spiro atoms. The first-order valence-corrected chi connectivity index (χ1v) is 6.44. The van der Waals surface area contributed by atoms with Crippen LogP contribution in [-0.4, -0.2) is 25.9 Å². The molecule has 1 unspecified atom stereocenters. The lowest BCUT2D eigenvalue weighted by atomic mass is 9.98. The second-order valence-corrected chi connectivity index (χ2v) is 4.95. The van der Waals surface area contributed by atoms with Crippen molar-refractivity contribution in [2.45, 2.75) is 31.3 Å². The van der Waals surface area contributed by atoms with Gasteiger partial charge in [-0.25, -0.2) is 0 Å². The van der Waals surface area contributed by atoms with Crippen LogP contribution >= 0.6 is 0 Å². The predicted octanol–water partition coefficient (Wildman–Crippen LogP) is 1.84. The molecule has 1 aliphatic heterocycles. The van der Waals surface area contributed by atoms with E-state index in [-0.39, 0.29) is 6.10 Å².